The molecule has 2 fully saturated rings. The van der Waals surface area contributed by atoms with Gasteiger partial charge in [-0.3, -0.25) is 9.69 Å². The molecular weight excluding hydrogens is 578 g/mol. The molecule has 1 N–H and O–H groups in total. The van der Waals surface area contributed by atoms with Crippen LogP contribution in [0.2, 0.25) is 0 Å². The van der Waals surface area contributed by atoms with Gasteiger partial charge in [0.2, 0.25) is 5.91 Å². The van der Waals surface area contributed by atoms with Gasteiger partial charge in [-0.05, 0) is 55.5 Å². The Hall–Kier alpha value is -2.99. The molecule has 2 aliphatic rings. The summed E-state index contributed by atoms with van der Waals surface area (Å²) in [7, 11) is 0. The van der Waals surface area contributed by atoms with Crippen molar-refractivity contribution < 1.29 is 45.4 Å². The Morgan fingerprint density at radius 1 is 1.02 bits per heavy atom. The van der Waals surface area contributed by atoms with E-state index >= 15 is 0 Å². The van der Waals surface area contributed by atoms with Gasteiger partial charge in [0.1, 0.15) is 6.61 Å². The third-order valence-electron chi connectivity index (χ3n) is 7.72. The molecule has 41 heavy (non-hydrogen) atoms. The average Bonchev–Trinajstić information content (AvgIpc) is 3.29. The molecule has 2 amide bonds. The fourth-order valence-electron chi connectivity index (χ4n) is 5.49. The van der Waals surface area contributed by atoms with Crippen molar-refractivity contribution in [3.63, 3.8) is 0 Å². The number of likely N-dealkylation sites (tertiary alicyclic amines) is 1. The highest BCUT2D eigenvalue weighted by molar-refractivity contribution is 6.18. The third-order valence-corrected chi connectivity index (χ3v) is 7.87. The van der Waals surface area contributed by atoms with E-state index in [0.29, 0.717) is 30.5 Å². The largest absolute Gasteiger partial charge is 0.448 e. The molecule has 2 aromatic rings. The monoisotopic (exact) mass is 606 g/mol. The first-order chi connectivity index (χ1) is 19.2. The van der Waals surface area contributed by atoms with Crippen LogP contribution >= 0.6 is 11.6 Å². The highest BCUT2D eigenvalue weighted by Crippen LogP contribution is 2.45. The number of piperidine rings is 1. The van der Waals surface area contributed by atoms with Crippen molar-refractivity contribution in [3.8, 4) is 0 Å². The number of hydrogen-bond donors (Lipinski definition) is 1. The second kappa shape index (κ2) is 11.7. The summed E-state index contributed by atoms with van der Waals surface area (Å²) in [5, 5.41) is 2.96. The van der Waals surface area contributed by atoms with Gasteiger partial charge in [-0.2, -0.15) is 26.3 Å². The molecule has 2 aliphatic heterocycles. The maximum atomic E-state index is 13.5. The summed E-state index contributed by atoms with van der Waals surface area (Å²) in [6.45, 7) is 1.05. The molecule has 0 radical (unpaired) electrons. The van der Waals surface area contributed by atoms with Crippen LogP contribution in [0, 0.1) is 0 Å². The van der Waals surface area contributed by atoms with Gasteiger partial charge in [0.05, 0.1) is 40.8 Å². The predicted molar refractivity (Wildman–Crippen MR) is 137 cm³/mol. The van der Waals surface area contributed by atoms with E-state index in [1.807, 2.05) is 0 Å². The Labute approximate surface area is 237 Å². The fraction of sp³-hybridized carbons (Fsp3) is 0.500. The summed E-state index contributed by atoms with van der Waals surface area (Å²) >= 11 is 5.73. The van der Waals surface area contributed by atoms with Crippen LogP contribution in [0.4, 0.5) is 31.1 Å². The van der Waals surface area contributed by atoms with Crippen LogP contribution in [0.5, 0.6) is 0 Å². The highest BCUT2D eigenvalue weighted by Gasteiger charge is 2.54. The zero-order valence-electron chi connectivity index (χ0n) is 22.1. The Balaban J connectivity index is 1.71. The maximum absolute atomic E-state index is 13.5. The molecule has 0 bridgehead atoms. The molecule has 3 atom stereocenters. The summed E-state index contributed by atoms with van der Waals surface area (Å²) in [6, 6.07) is 10.1. The number of halogens is 7. The second-order valence-corrected chi connectivity index (χ2v) is 10.8. The van der Waals surface area contributed by atoms with E-state index in [2.05, 4.69) is 5.32 Å². The lowest BCUT2D eigenvalue weighted by Crippen LogP contribution is -2.65. The smallest absolute Gasteiger partial charge is 0.416 e. The molecule has 0 saturated carbocycles. The number of rotatable bonds is 7. The minimum atomic E-state index is -5.01. The second-order valence-electron chi connectivity index (χ2n) is 10.4. The lowest BCUT2D eigenvalue weighted by Gasteiger charge is -2.52. The van der Waals surface area contributed by atoms with Crippen molar-refractivity contribution in [2.45, 2.75) is 62.1 Å². The zero-order valence-corrected chi connectivity index (χ0v) is 22.8. The molecule has 13 heteroatoms. The van der Waals surface area contributed by atoms with E-state index in [4.69, 9.17) is 21.1 Å². The minimum Gasteiger partial charge on any atom is -0.448 e. The van der Waals surface area contributed by atoms with Gasteiger partial charge < -0.3 is 14.8 Å². The number of ether oxygens (including phenoxy) is 2. The number of benzene rings is 2. The van der Waals surface area contributed by atoms with E-state index in [1.54, 1.807) is 30.3 Å². The summed E-state index contributed by atoms with van der Waals surface area (Å²) in [6.07, 6.45) is -10.5. The van der Waals surface area contributed by atoms with Crippen molar-refractivity contribution in [2.75, 3.05) is 25.6 Å². The van der Waals surface area contributed by atoms with Crippen molar-refractivity contribution in [2.24, 2.45) is 0 Å². The van der Waals surface area contributed by atoms with E-state index in [0.717, 1.165) is 0 Å². The topological polar surface area (TPSA) is 67.9 Å². The van der Waals surface area contributed by atoms with Crippen LogP contribution in [-0.4, -0.2) is 48.1 Å². The van der Waals surface area contributed by atoms with Gasteiger partial charge in [-0.25, -0.2) is 4.79 Å². The van der Waals surface area contributed by atoms with Crippen LogP contribution in [0.1, 0.15) is 61.0 Å². The van der Waals surface area contributed by atoms with Crippen LogP contribution < -0.4 is 5.32 Å². The quantitative estimate of drug-likeness (QED) is 0.278. The number of nitrogens with zero attached hydrogens (tertiary/aromatic N) is 1. The summed E-state index contributed by atoms with van der Waals surface area (Å²) in [4.78, 5) is 27.0. The Kier molecular flexibility index (Phi) is 8.84. The van der Waals surface area contributed by atoms with Crippen LogP contribution in [0.15, 0.2) is 48.5 Å². The normalized spacial score (nSPS) is 23.9. The van der Waals surface area contributed by atoms with E-state index < -0.39 is 46.8 Å². The Morgan fingerprint density at radius 3 is 2.20 bits per heavy atom. The number of hydrogen-bond acceptors (Lipinski definition) is 4. The van der Waals surface area contributed by atoms with Gasteiger partial charge >= 0.3 is 18.4 Å². The molecule has 2 saturated heterocycles. The summed E-state index contributed by atoms with van der Waals surface area (Å²) in [5.41, 5.74) is -4.48. The van der Waals surface area contributed by atoms with Gasteiger partial charge in [0, 0.05) is 13.0 Å². The molecule has 0 unspecified atom stereocenters. The van der Waals surface area contributed by atoms with Gasteiger partial charge in [0.15, 0.2) is 0 Å². The SMILES string of the molecule is C[C@@H](OC[C@@]1(c2ccccc2)CC[C@]2(CCC(=O)N2)CN1C(=O)OCCCl)c1cc(C(F)(F)F)cc(C(F)(F)F)c1. The fourth-order valence-corrected chi connectivity index (χ4v) is 5.57. The zero-order chi connectivity index (χ0) is 30.1. The number of carbonyl (C=O) groups excluding carboxylic acids is 2. The lowest BCUT2D eigenvalue weighted by atomic mass is 9.74. The van der Waals surface area contributed by atoms with Crippen molar-refractivity contribution in [1.82, 2.24) is 10.2 Å². The molecule has 224 valence electrons. The number of alkyl halides is 7. The number of nitrogens with one attached hydrogen (secondary N) is 1. The highest BCUT2D eigenvalue weighted by atomic mass is 35.5. The first-order valence-electron chi connectivity index (χ1n) is 13.0. The number of carbonyl (C=O) groups is 2. The molecular formula is C28H29ClF6N2O4. The summed E-state index contributed by atoms with van der Waals surface area (Å²) in [5.74, 6) is -0.120. The van der Waals surface area contributed by atoms with E-state index in [-0.39, 0.29) is 56.0 Å². The minimum absolute atomic E-state index is 0.0322. The maximum Gasteiger partial charge on any atom is 0.416 e. The van der Waals surface area contributed by atoms with Crippen LogP contribution in [-0.2, 0) is 32.2 Å². The first kappa shape index (κ1) is 31.0. The Bertz CT molecular complexity index is 1230. The molecule has 0 aromatic heterocycles. The Morgan fingerprint density at radius 2 is 1.66 bits per heavy atom. The molecule has 6 nitrogen and oxygen atoms in total. The standard InChI is InChI=1S/C28H29ClF6N2O4/c1-18(19-13-21(27(30,31)32)15-22(14-19)28(33,34)35)41-17-26(20-5-3-2-4-6-20)10-9-25(8-7-23(38)36-25)16-37(26)24(39)40-12-11-29/h2-6,13-15,18H,7-12,16-17H2,1H3,(H,36,38)/t18-,25-,26-/m1/s1. The van der Waals surface area contributed by atoms with Gasteiger partial charge in [-0.15, -0.1) is 11.6 Å². The average molecular weight is 607 g/mol. The molecule has 4 rings (SSSR count). The summed E-state index contributed by atoms with van der Waals surface area (Å²) < 4.78 is 92.2. The molecule has 2 aromatic carbocycles. The lowest BCUT2D eigenvalue weighted by molar-refractivity contribution is -0.143. The third kappa shape index (κ3) is 6.74. The van der Waals surface area contributed by atoms with Gasteiger partial charge in [0.25, 0.3) is 0 Å². The van der Waals surface area contributed by atoms with Gasteiger partial charge in [-0.1, -0.05) is 30.3 Å². The van der Waals surface area contributed by atoms with Crippen molar-refractivity contribution in [3.05, 3.63) is 70.8 Å². The molecule has 1 spiro atoms. The van der Waals surface area contributed by atoms with Crippen LogP contribution in [0.25, 0.3) is 0 Å². The predicted octanol–water partition coefficient (Wildman–Crippen LogP) is 6.82. The van der Waals surface area contributed by atoms with E-state index in [9.17, 15) is 35.9 Å². The number of amides is 2. The van der Waals surface area contributed by atoms with E-state index in [1.165, 1.54) is 11.8 Å². The molecule has 2 heterocycles. The van der Waals surface area contributed by atoms with Crippen molar-refractivity contribution >= 4 is 23.6 Å². The first-order valence-corrected chi connectivity index (χ1v) is 13.5. The van der Waals surface area contributed by atoms with Crippen molar-refractivity contribution in [1.29, 1.82) is 0 Å². The molecule has 0 aliphatic carbocycles. The van der Waals surface area contributed by atoms with Crippen LogP contribution in [0.3, 0.4) is 0 Å².